The molecule has 2 amide bonds. The fourth-order valence-corrected chi connectivity index (χ4v) is 2.70. The van der Waals surface area contributed by atoms with Gasteiger partial charge in [-0.15, -0.1) is 6.58 Å². The van der Waals surface area contributed by atoms with Crippen molar-refractivity contribution in [3.63, 3.8) is 0 Å². The number of nitrogens with zero attached hydrogens (tertiary/aromatic N) is 3. The number of rotatable bonds is 5. The van der Waals surface area contributed by atoms with Gasteiger partial charge >= 0.3 is 6.03 Å². The van der Waals surface area contributed by atoms with Gasteiger partial charge in [-0.2, -0.15) is 0 Å². The molecule has 2 unspecified atom stereocenters. The van der Waals surface area contributed by atoms with Crippen molar-refractivity contribution in [2.24, 2.45) is 0 Å². The number of aromatic nitrogens is 1. The maximum absolute atomic E-state index is 12.4. The minimum absolute atomic E-state index is 0.249. The van der Waals surface area contributed by atoms with Crippen LogP contribution in [0, 0.1) is 0 Å². The molecule has 108 valence electrons. The molecule has 20 heavy (non-hydrogen) atoms. The highest BCUT2D eigenvalue weighted by molar-refractivity contribution is 5.94. The van der Waals surface area contributed by atoms with Crippen LogP contribution in [0.5, 0.6) is 0 Å². The van der Waals surface area contributed by atoms with Gasteiger partial charge in [0.05, 0.1) is 6.04 Å². The molecule has 6 nitrogen and oxygen atoms in total. The first-order valence-electron chi connectivity index (χ1n) is 7.02. The number of hydrogen-bond acceptors (Lipinski definition) is 4. The first-order valence-corrected chi connectivity index (χ1v) is 7.02. The second-order valence-electron chi connectivity index (χ2n) is 5.34. The van der Waals surface area contributed by atoms with Crippen molar-refractivity contribution in [2.75, 3.05) is 11.4 Å². The lowest BCUT2D eigenvalue weighted by molar-refractivity contribution is 0.120. The molecular weight excluding hydrogens is 258 g/mol. The molecule has 2 atom stereocenters. The lowest BCUT2D eigenvalue weighted by Gasteiger charge is -2.21. The van der Waals surface area contributed by atoms with Gasteiger partial charge in [-0.1, -0.05) is 18.2 Å². The quantitative estimate of drug-likeness (QED) is 0.836. The standard InChI is InChI=1S/C14H19N3O3/c1-3-7-16-10(4-2)13(18)17(14(16)19)12-8-11(20-15-12)9-5-6-9/h3,8-10,13,18H,1,4-7H2,2H3. The number of hydrogen-bond donors (Lipinski definition) is 1. The molecule has 0 radical (unpaired) electrons. The Balaban J connectivity index is 1.87. The van der Waals surface area contributed by atoms with E-state index >= 15 is 0 Å². The first kappa shape index (κ1) is 13.2. The number of carbonyl (C=O) groups excluding carboxylic acids is 1. The Morgan fingerprint density at radius 3 is 2.95 bits per heavy atom. The normalized spacial score (nSPS) is 26.4. The molecule has 1 aliphatic heterocycles. The van der Waals surface area contributed by atoms with Crippen LogP contribution in [0.3, 0.4) is 0 Å². The summed E-state index contributed by atoms with van der Waals surface area (Å²) in [5.41, 5.74) is 0. The molecular formula is C14H19N3O3. The molecule has 3 rings (SSSR count). The summed E-state index contributed by atoms with van der Waals surface area (Å²) in [6, 6.07) is 1.27. The van der Waals surface area contributed by atoms with Crippen LogP contribution in [0.4, 0.5) is 10.6 Å². The Morgan fingerprint density at radius 2 is 2.35 bits per heavy atom. The van der Waals surface area contributed by atoms with E-state index < -0.39 is 6.23 Å². The molecule has 2 heterocycles. The van der Waals surface area contributed by atoms with E-state index in [9.17, 15) is 9.90 Å². The molecule has 6 heteroatoms. The summed E-state index contributed by atoms with van der Waals surface area (Å²) in [6.45, 7) is 6.02. The average molecular weight is 277 g/mol. The smallest absolute Gasteiger partial charge is 0.328 e. The second-order valence-corrected chi connectivity index (χ2v) is 5.34. The van der Waals surface area contributed by atoms with Gasteiger partial charge in [0.2, 0.25) is 0 Å². The van der Waals surface area contributed by atoms with Crippen LogP contribution in [0.15, 0.2) is 23.2 Å². The van der Waals surface area contributed by atoms with Gasteiger partial charge in [-0.25, -0.2) is 9.69 Å². The predicted octanol–water partition coefficient (Wildman–Crippen LogP) is 2.08. The van der Waals surface area contributed by atoms with E-state index in [-0.39, 0.29) is 12.1 Å². The minimum atomic E-state index is -0.899. The largest absolute Gasteiger partial charge is 0.371 e. The third kappa shape index (κ3) is 2.00. The number of anilines is 1. The number of aliphatic hydroxyl groups is 1. The molecule has 1 aliphatic carbocycles. The highest BCUT2D eigenvalue weighted by atomic mass is 16.5. The zero-order chi connectivity index (χ0) is 14.3. The molecule has 2 aliphatic rings. The van der Waals surface area contributed by atoms with Crippen molar-refractivity contribution in [3.05, 3.63) is 24.5 Å². The van der Waals surface area contributed by atoms with E-state index in [1.807, 2.05) is 6.92 Å². The fraction of sp³-hybridized carbons (Fsp3) is 0.571. The number of carbonyl (C=O) groups is 1. The van der Waals surface area contributed by atoms with Crippen molar-refractivity contribution in [1.29, 1.82) is 0 Å². The summed E-state index contributed by atoms with van der Waals surface area (Å²) in [6.07, 6.45) is 3.64. The molecule has 2 fully saturated rings. The predicted molar refractivity (Wildman–Crippen MR) is 73.3 cm³/mol. The van der Waals surface area contributed by atoms with Gasteiger partial charge in [0, 0.05) is 18.5 Å². The van der Waals surface area contributed by atoms with Gasteiger partial charge in [0.1, 0.15) is 5.76 Å². The molecule has 1 saturated heterocycles. The van der Waals surface area contributed by atoms with Crippen LogP contribution in [-0.4, -0.2) is 40.0 Å². The monoisotopic (exact) mass is 277 g/mol. The molecule has 1 aromatic heterocycles. The summed E-state index contributed by atoms with van der Waals surface area (Å²) in [7, 11) is 0. The third-order valence-corrected chi connectivity index (χ3v) is 3.95. The Bertz CT molecular complexity index is 523. The lowest BCUT2D eigenvalue weighted by Crippen LogP contribution is -2.36. The SMILES string of the molecule is C=CCN1C(=O)N(c2cc(C3CC3)on2)C(O)C1CC. The third-order valence-electron chi connectivity index (χ3n) is 3.95. The Labute approximate surface area is 117 Å². The summed E-state index contributed by atoms with van der Waals surface area (Å²) in [4.78, 5) is 15.4. The highest BCUT2D eigenvalue weighted by Crippen LogP contribution is 2.41. The number of amides is 2. The molecule has 0 aromatic carbocycles. The second kappa shape index (κ2) is 4.94. The van der Waals surface area contributed by atoms with Gasteiger partial charge in [0.25, 0.3) is 0 Å². The van der Waals surface area contributed by atoms with Crippen LogP contribution in [0.1, 0.15) is 37.9 Å². The van der Waals surface area contributed by atoms with E-state index in [0.29, 0.717) is 24.7 Å². The van der Waals surface area contributed by atoms with Crippen molar-refractivity contribution >= 4 is 11.8 Å². The number of urea groups is 1. The Kier molecular flexibility index (Phi) is 3.25. The van der Waals surface area contributed by atoms with Crippen LogP contribution in [0.25, 0.3) is 0 Å². The molecule has 1 N–H and O–H groups in total. The van der Waals surface area contributed by atoms with Crippen LogP contribution in [-0.2, 0) is 0 Å². The van der Waals surface area contributed by atoms with E-state index in [4.69, 9.17) is 4.52 Å². The van der Waals surface area contributed by atoms with Crippen LogP contribution >= 0.6 is 0 Å². The van der Waals surface area contributed by atoms with Crippen molar-refractivity contribution in [1.82, 2.24) is 10.1 Å². The molecule has 1 aromatic rings. The van der Waals surface area contributed by atoms with Crippen LogP contribution in [0.2, 0.25) is 0 Å². The summed E-state index contributed by atoms with van der Waals surface area (Å²) < 4.78 is 5.27. The summed E-state index contributed by atoms with van der Waals surface area (Å²) in [5.74, 6) is 1.63. The number of aliphatic hydroxyl groups excluding tert-OH is 1. The van der Waals surface area contributed by atoms with Crippen LogP contribution < -0.4 is 4.90 Å². The fourth-order valence-electron chi connectivity index (χ4n) is 2.70. The van der Waals surface area contributed by atoms with Crippen molar-refractivity contribution in [3.8, 4) is 0 Å². The minimum Gasteiger partial charge on any atom is -0.371 e. The Morgan fingerprint density at radius 1 is 1.60 bits per heavy atom. The van der Waals surface area contributed by atoms with Gasteiger partial charge < -0.3 is 14.5 Å². The van der Waals surface area contributed by atoms with Crippen molar-refractivity contribution < 1.29 is 14.4 Å². The summed E-state index contributed by atoms with van der Waals surface area (Å²) in [5, 5.41) is 14.3. The average Bonchev–Trinajstić information content (AvgIpc) is 3.13. The van der Waals surface area contributed by atoms with Gasteiger partial charge in [-0.05, 0) is 19.3 Å². The maximum Gasteiger partial charge on any atom is 0.328 e. The summed E-state index contributed by atoms with van der Waals surface area (Å²) >= 11 is 0. The first-order chi connectivity index (χ1) is 9.67. The lowest BCUT2D eigenvalue weighted by atomic mass is 10.2. The topological polar surface area (TPSA) is 69.8 Å². The van der Waals surface area contributed by atoms with E-state index in [0.717, 1.165) is 18.6 Å². The zero-order valence-corrected chi connectivity index (χ0v) is 11.5. The molecule has 1 saturated carbocycles. The van der Waals surface area contributed by atoms with Gasteiger partial charge in [0.15, 0.2) is 12.0 Å². The molecule has 0 spiro atoms. The molecule has 0 bridgehead atoms. The van der Waals surface area contributed by atoms with E-state index in [1.54, 1.807) is 17.0 Å². The van der Waals surface area contributed by atoms with Gasteiger partial charge in [-0.3, -0.25) is 0 Å². The van der Waals surface area contributed by atoms with E-state index in [2.05, 4.69) is 11.7 Å². The van der Waals surface area contributed by atoms with Crippen molar-refractivity contribution in [2.45, 2.75) is 44.4 Å². The zero-order valence-electron chi connectivity index (χ0n) is 11.5. The van der Waals surface area contributed by atoms with E-state index in [1.165, 1.54) is 4.90 Å². The highest BCUT2D eigenvalue weighted by Gasteiger charge is 2.45. The Hall–Kier alpha value is -1.82. The maximum atomic E-state index is 12.4.